The summed E-state index contributed by atoms with van der Waals surface area (Å²) in [6.07, 6.45) is 0. The molecular formula is C48H40BrClN2. The highest BCUT2D eigenvalue weighted by Gasteiger charge is 2.26. The molecular weight excluding hydrogens is 720 g/mol. The Bertz CT molecular complexity index is 2550. The quantitative estimate of drug-likeness (QED) is 0.173. The van der Waals surface area contributed by atoms with Gasteiger partial charge < -0.3 is 9.47 Å². The van der Waals surface area contributed by atoms with Gasteiger partial charge in [-0.2, -0.15) is 0 Å². The number of hydrogen-bond donors (Lipinski definition) is 0. The van der Waals surface area contributed by atoms with Gasteiger partial charge in [0.1, 0.15) is 0 Å². The second kappa shape index (κ2) is 11.8. The van der Waals surface area contributed by atoms with Crippen LogP contribution in [0.25, 0.3) is 60.5 Å². The predicted octanol–water partition coefficient (Wildman–Crippen LogP) is 15.1. The van der Waals surface area contributed by atoms with Crippen molar-refractivity contribution in [2.45, 2.75) is 52.4 Å². The zero-order chi connectivity index (χ0) is 36.1. The van der Waals surface area contributed by atoms with Crippen LogP contribution in [0.15, 0.2) is 138 Å². The van der Waals surface area contributed by atoms with E-state index in [1.54, 1.807) is 0 Å². The lowest BCUT2D eigenvalue weighted by Gasteiger charge is -2.29. The van der Waals surface area contributed by atoms with E-state index in [2.05, 4.69) is 200 Å². The van der Waals surface area contributed by atoms with Gasteiger partial charge in [0.05, 0.1) is 21.7 Å². The molecule has 1 aliphatic rings. The lowest BCUT2D eigenvalue weighted by atomic mass is 9.86. The van der Waals surface area contributed by atoms with Gasteiger partial charge in [-0.3, -0.25) is 0 Å². The maximum Gasteiger partial charge on any atom is 0.0790 e. The summed E-state index contributed by atoms with van der Waals surface area (Å²) in [5.41, 5.74) is 14.1. The van der Waals surface area contributed by atoms with Crippen LogP contribution in [0.4, 0.5) is 17.1 Å². The van der Waals surface area contributed by atoms with Gasteiger partial charge in [-0.05, 0) is 119 Å². The summed E-state index contributed by atoms with van der Waals surface area (Å²) in [6.45, 7) is 13.5. The number of aromatic nitrogens is 1. The maximum atomic E-state index is 7.35. The van der Waals surface area contributed by atoms with Gasteiger partial charge in [0.25, 0.3) is 0 Å². The molecule has 7 aromatic carbocycles. The van der Waals surface area contributed by atoms with E-state index in [1.807, 2.05) is 0 Å². The van der Waals surface area contributed by atoms with Crippen LogP contribution in [-0.4, -0.2) is 4.57 Å². The highest BCUT2D eigenvalue weighted by atomic mass is 79.9. The summed E-state index contributed by atoms with van der Waals surface area (Å²) in [5, 5.41) is 5.79. The number of nitrogens with zero attached hydrogens (tertiary/aromatic N) is 2. The summed E-state index contributed by atoms with van der Waals surface area (Å²) in [6, 6.07) is 49.1. The fourth-order valence-electron chi connectivity index (χ4n) is 8.13. The molecule has 1 heterocycles. The standard InChI is InChI=1S/C48H40BrClN2/c1-47(2,3)30-19-23-32(24-20-30)51(33-25-21-31(22-26-33)48(4,5)6)42-28-34(27-39(49)46(42)50)52-40-17-9-15-37-35-13-7-11-29-12-8-14-36(43(29)35)38-16-10-18-41(52)45(38)44(37)40/h7-28H,1-6H3. The highest BCUT2D eigenvalue weighted by Crippen LogP contribution is 2.51. The molecule has 256 valence electrons. The van der Waals surface area contributed by atoms with E-state index in [9.17, 15) is 0 Å². The largest absolute Gasteiger partial charge is 0.309 e. The molecule has 0 bridgehead atoms. The Morgan fingerprint density at radius 1 is 0.519 bits per heavy atom. The number of halogens is 2. The normalized spacial score (nSPS) is 12.6. The van der Waals surface area contributed by atoms with Crippen molar-refractivity contribution in [3.05, 3.63) is 154 Å². The van der Waals surface area contributed by atoms with Crippen LogP contribution in [-0.2, 0) is 10.8 Å². The molecule has 2 nitrogen and oxygen atoms in total. The molecule has 0 saturated carbocycles. The second-order valence-corrected chi connectivity index (χ2v) is 17.4. The lowest BCUT2D eigenvalue weighted by molar-refractivity contribution is 0.590. The van der Waals surface area contributed by atoms with Gasteiger partial charge in [-0.15, -0.1) is 0 Å². The van der Waals surface area contributed by atoms with E-state index in [-0.39, 0.29) is 10.8 Å². The van der Waals surface area contributed by atoms with Crippen molar-refractivity contribution in [1.82, 2.24) is 4.57 Å². The van der Waals surface area contributed by atoms with Crippen LogP contribution in [0.1, 0.15) is 52.7 Å². The molecule has 0 unspecified atom stereocenters. The molecule has 0 amide bonds. The van der Waals surface area contributed by atoms with E-state index in [4.69, 9.17) is 11.6 Å². The smallest absolute Gasteiger partial charge is 0.0790 e. The molecule has 1 aliphatic carbocycles. The molecule has 1 aromatic heterocycles. The second-order valence-electron chi connectivity index (χ2n) is 16.1. The molecule has 8 aromatic rings. The fraction of sp³-hybridized carbons (Fsp3) is 0.167. The average molecular weight is 760 g/mol. The molecule has 0 N–H and O–H groups in total. The molecule has 0 spiro atoms. The minimum atomic E-state index is 0.0428. The first-order valence-electron chi connectivity index (χ1n) is 18.0. The van der Waals surface area contributed by atoms with Gasteiger partial charge >= 0.3 is 0 Å². The average Bonchev–Trinajstić information content (AvgIpc) is 3.41. The zero-order valence-electron chi connectivity index (χ0n) is 30.4. The zero-order valence-corrected chi connectivity index (χ0v) is 32.7. The lowest BCUT2D eigenvalue weighted by Crippen LogP contribution is -2.15. The number of fused-ring (bicyclic) bond motifs is 2. The van der Waals surface area contributed by atoms with Crippen molar-refractivity contribution in [3.63, 3.8) is 0 Å². The predicted molar refractivity (Wildman–Crippen MR) is 228 cm³/mol. The van der Waals surface area contributed by atoms with E-state index >= 15 is 0 Å². The Morgan fingerprint density at radius 3 is 1.38 bits per heavy atom. The summed E-state index contributed by atoms with van der Waals surface area (Å²) < 4.78 is 3.26. The summed E-state index contributed by atoms with van der Waals surface area (Å²) >= 11 is 11.3. The van der Waals surface area contributed by atoms with Crippen LogP contribution >= 0.6 is 27.5 Å². The van der Waals surface area contributed by atoms with E-state index in [0.717, 1.165) is 27.2 Å². The third kappa shape index (κ3) is 5.12. The summed E-state index contributed by atoms with van der Waals surface area (Å²) in [4.78, 5) is 2.29. The third-order valence-corrected chi connectivity index (χ3v) is 12.0. The highest BCUT2D eigenvalue weighted by molar-refractivity contribution is 9.10. The van der Waals surface area contributed by atoms with Crippen LogP contribution in [0, 0.1) is 0 Å². The van der Waals surface area contributed by atoms with E-state index < -0.39 is 0 Å². The number of anilines is 3. The van der Waals surface area contributed by atoms with Crippen molar-refractivity contribution >= 4 is 77.2 Å². The monoisotopic (exact) mass is 758 g/mol. The van der Waals surface area contributed by atoms with Crippen LogP contribution in [0.5, 0.6) is 0 Å². The third-order valence-electron chi connectivity index (χ3n) is 10.8. The van der Waals surface area contributed by atoms with Crippen molar-refractivity contribution in [1.29, 1.82) is 0 Å². The van der Waals surface area contributed by atoms with Crippen LogP contribution in [0.2, 0.25) is 5.02 Å². The number of hydrogen-bond acceptors (Lipinski definition) is 1. The van der Waals surface area contributed by atoms with Gasteiger partial charge in [0.2, 0.25) is 0 Å². The Labute approximate surface area is 319 Å². The number of rotatable bonds is 4. The van der Waals surface area contributed by atoms with Gasteiger partial charge in [-0.1, -0.05) is 138 Å². The maximum absolute atomic E-state index is 7.35. The van der Waals surface area contributed by atoms with Crippen molar-refractivity contribution in [2.24, 2.45) is 0 Å². The molecule has 0 fully saturated rings. The molecule has 52 heavy (non-hydrogen) atoms. The summed E-state index contributed by atoms with van der Waals surface area (Å²) in [7, 11) is 0. The van der Waals surface area contributed by atoms with Crippen molar-refractivity contribution in [3.8, 4) is 27.9 Å². The molecule has 9 rings (SSSR count). The molecule has 0 atom stereocenters. The van der Waals surface area contributed by atoms with Crippen molar-refractivity contribution < 1.29 is 0 Å². The first kappa shape index (κ1) is 33.0. The van der Waals surface area contributed by atoms with Crippen LogP contribution in [0.3, 0.4) is 0 Å². The minimum Gasteiger partial charge on any atom is -0.309 e. The fourth-order valence-corrected chi connectivity index (χ4v) is 8.76. The first-order chi connectivity index (χ1) is 24.9. The SMILES string of the molecule is CC(C)(C)c1ccc(N(c2ccc(C(C)(C)C)cc2)c2cc(-n3c4cccc5c4c4c(cccc43)-c3cccc4cccc-5c34)cc(Br)c2Cl)cc1. The summed E-state index contributed by atoms with van der Waals surface area (Å²) in [5.74, 6) is 0. The number of benzene rings is 7. The van der Waals surface area contributed by atoms with Crippen molar-refractivity contribution in [2.75, 3.05) is 4.90 Å². The van der Waals surface area contributed by atoms with E-state index in [0.29, 0.717) is 5.02 Å². The molecule has 0 aliphatic heterocycles. The van der Waals surface area contributed by atoms with Gasteiger partial charge in [0.15, 0.2) is 0 Å². The molecule has 0 radical (unpaired) electrons. The Kier molecular flexibility index (Phi) is 7.53. The first-order valence-corrected chi connectivity index (χ1v) is 19.2. The van der Waals surface area contributed by atoms with Gasteiger partial charge in [-0.25, -0.2) is 0 Å². The van der Waals surface area contributed by atoms with E-state index in [1.165, 1.54) is 66.0 Å². The van der Waals surface area contributed by atoms with Crippen LogP contribution < -0.4 is 4.90 Å². The molecule has 0 saturated heterocycles. The minimum absolute atomic E-state index is 0.0428. The Hall–Kier alpha value is -4.83. The topological polar surface area (TPSA) is 8.17 Å². The van der Waals surface area contributed by atoms with Gasteiger partial charge in [0, 0.05) is 32.3 Å². The molecule has 4 heteroatoms. The Morgan fingerprint density at radius 2 is 0.942 bits per heavy atom. The Balaban J connectivity index is 1.31.